The zero-order chi connectivity index (χ0) is 9.84. The van der Waals surface area contributed by atoms with Gasteiger partial charge in [0.1, 0.15) is 0 Å². The Morgan fingerprint density at radius 3 is 2.15 bits per heavy atom. The fourth-order valence-corrected chi connectivity index (χ4v) is 2.75. The zero-order valence-corrected chi connectivity index (χ0v) is 9.42. The van der Waals surface area contributed by atoms with Gasteiger partial charge in [-0.2, -0.15) is 0 Å². The molecule has 0 saturated heterocycles. The van der Waals surface area contributed by atoms with E-state index in [1.807, 2.05) is 0 Å². The summed E-state index contributed by atoms with van der Waals surface area (Å²) in [5, 5.41) is 0. The smallest absolute Gasteiger partial charge is 0.00905 e. The van der Waals surface area contributed by atoms with E-state index in [-0.39, 0.29) is 0 Å². The molecule has 1 heteroatoms. The molecule has 2 N–H and O–H groups in total. The van der Waals surface area contributed by atoms with E-state index in [0.717, 1.165) is 17.8 Å². The molecule has 2 unspecified atom stereocenters. The van der Waals surface area contributed by atoms with Gasteiger partial charge in [0.15, 0.2) is 0 Å². The second-order valence-corrected chi connectivity index (χ2v) is 5.01. The van der Waals surface area contributed by atoms with Crippen LogP contribution in [-0.4, -0.2) is 6.04 Å². The Kier molecular flexibility index (Phi) is 4.24. The molecule has 0 heterocycles. The molecular formula is C12H25N. The maximum absolute atomic E-state index is 6.11. The van der Waals surface area contributed by atoms with Crippen LogP contribution in [0.3, 0.4) is 0 Å². The predicted molar refractivity (Wildman–Crippen MR) is 58.6 cm³/mol. The van der Waals surface area contributed by atoms with Crippen molar-refractivity contribution in [3.8, 4) is 0 Å². The number of hydrogen-bond donors (Lipinski definition) is 1. The first-order valence-electron chi connectivity index (χ1n) is 5.90. The van der Waals surface area contributed by atoms with Gasteiger partial charge < -0.3 is 5.73 Å². The van der Waals surface area contributed by atoms with E-state index < -0.39 is 0 Å². The van der Waals surface area contributed by atoms with Crippen molar-refractivity contribution in [3.05, 3.63) is 0 Å². The Labute approximate surface area is 83.1 Å². The minimum atomic E-state index is 0.456. The highest BCUT2D eigenvalue weighted by atomic mass is 14.7. The summed E-state index contributed by atoms with van der Waals surface area (Å²) >= 11 is 0. The Morgan fingerprint density at radius 2 is 1.69 bits per heavy atom. The highest BCUT2D eigenvalue weighted by Gasteiger charge is 2.29. The normalized spacial score (nSPS) is 40.6. The topological polar surface area (TPSA) is 26.0 Å². The van der Waals surface area contributed by atoms with Gasteiger partial charge in [-0.1, -0.05) is 40.0 Å². The fourth-order valence-electron chi connectivity index (χ4n) is 2.75. The lowest BCUT2D eigenvalue weighted by Gasteiger charge is -2.37. The molecule has 1 saturated carbocycles. The predicted octanol–water partition coefficient (Wildman–Crippen LogP) is 3.19. The maximum atomic E-state index is 6.11. The van der Waals surface area contributed by atoms with Gasteiger partial charge in [-0.15, -0.1) is 0 Å². The summed E-state index contributed by atoms with van der Waals surface area (Å²) in [6.07, 6.45) is 6.90. The summed E-state index contributed by atoms with van der Waals surface area (Å²) in [5.74, 6) is 2.45. The molecule has 13 heavy (non-hydrogen) atoms. The summed E-state index contributed by atoms with van der Waals surface area (Å²) < 4.78 is 0. The summed E-state index contributed by atoms with van der Waals surface area (Å²) in [6.45, 7) is 6.92. The molecule has 0 bridgehead atoms. The second kappa shape index (κ2) is 4.99. The summed E-state index contributed by atoms with van der Waals surface area (Å²) in [6, 6.07) is 0.456. The van der Waals surface area contributed by atoms with Crippen LogP contribution in [0.25, 0.3) is 0 Å². The number of hydrogen-bond acceptors (Lipinski definition) is 1. The van der Waals surface area contributed by atoms with E-state index in [9.17, 15) is 0 Å². The number of rotatable bonds is 3. The molecule has 0 aromatic carbocycles. The van der Waals surface area contributed by atoms with Crippen LogP contribution in [0.4, 0.5) is 0 Å². The Balaban J connectivity index is 2.35. The number of nitrogens with two attached hydrogens (primary N) is 1. The molecule has 1 fully saturated rings. The van der Waals surface area contributed by atoms with Crippen molar-refractivity contribution in [1.29, 1.82) is 0 Å². The first-order valence-corrected chi connectivity index (χ1v) is 5.90. The highest BCUT2D eigenvalue weighted by Crippen LogP contribution is 2.34. The van der Waals surface area contributed by atoms with Crippen LogP contribution >= 0.6 is 0 Å². The SMILES string of the molecule is CCCCC1CC(C)C(N)C(C)C1. The van der Waals surface area contributed by atoms with E-state index in [2.05, 4.69) is 20.8 Å². The molecule has 1 aliphatic carbocycles. The lowest BCUT2D eigenvalue weighted by Crippen LogP contribution is -2.40. The lowest BCUT2D eigenvalue weighted by atomic mass is 9.72. The van der Waals surface area contributed by atoms with Crippen molar-refractivity contribution in [3.63, 3.8) is 0 Å². The third-order valence-corrected chi connectivity index (χ3v) is 3.69. The van der Waals surface area contributed by atoms with Crippen LogP contribution in [0.1, 0.15) is 52.9 Å². The highest BCUT2D eigenvalue weighted by molar-refractivity contribution is 4.84. The van der Waals surface area contributed by atoms with Crippen LogP contribution < -0.4 is 5.73 Å². The number of unbranched alkanes of at least 4 members (excludes halogenated alkanes) is 1. The molecule has 1 aliphatic rings. The molecule has 0 aliphatic heterocycles. The minimum Gasteiger partial charge on any atom is -0.327 e. The van der Waals surface area contributed by atoms with Crippen molar-refractivity contribution >= 4 is 0 Å². The third kappa shape index (κ3) is 2.98. The van der Waals surface area contributed by atoms with E-state index in [1.165, 1.54) is 32.1 Å². The molecule has 0 aromatic heterocycles. The Hall–Kier alpha value is -0.0400. The van der Waals surface area contributed by atoms with Gasteiger partial charge in [0.2, 0.25) is 0 Å². The summed E-state index contributed by atoms with van der Waals surface area (Å²) in [7, 11) is 0. The van der Waals surface area contributed by atoms with E-state index in [4.69, 9.17) is 5.73 Å². The van der Waals surface area contributed by atoms with Crippen molar-refractivity contribution in [2.24, 2.45) is 23.5 Å². The molecule has 1 rings (SSSR count). The van der Waals surface area contributed by atoms with Gasteiger partial charge in [-0.3, -0.25) is 0 Å². The zero-order valence-electron chi connectivity index (χ0n) is 9.42. The Bertz CT molecular complexity index is 132. The van der Waals surface area contributed by atoms with Crippen LogP contribution in [0, 0.1) is 17.8 Å². The monoisotopic (exact) mass is 183 g/mol. The van der Waals surface area contributed by atoms with Crippen molar-refractivity contribution < 1.29 is 0 Å². The van der Waals surface area contributed by atoms with Gasteiger partial charge in [-0.25, -0.2) is 0 Å². The van der Waals surface area contributed by atoms with Gasteiger partial charge in [-0.05, 0) is 30.6 Å². The van der Waals surface area contributed by atoms with Gasteiger partial charge >= 0.3 is 0 Å². The van der Waals surface area contributed by atoms with E-state index >= 15 is 0 Å². The van der Waals surface area contributed by atoms with Crippen LogP contribution in [0.2, 0.25) is 0 Å². The average molecular weight is 183 g/mol. The van der Waals surface area contributed by atoms with E-state index in [0.29, 0.717) is 6.04 Å². The van der Waals surface area contributed by atoms with Crippen LogP contribution in [0.5, 0.6) is 0 Å². The molecule has 2 atom stereocenters. The summed E-state index contributed by atoms with van der Waals surface area (Å²) in [5.41, 5.74) is 6.11. The molecule has 1 nitrogen and oxygen atoms in total. The quantitative estimate of drug-likeness (QED) is 0.714. The molecular weight excluding hydrogens is 158 g/mol. The second-order valence-electron chi connectivity index (χ2n) is 5.01. The third-order valence-electron chi connectivity index (χ3n) is 3.69. The van der Waals surface area contributed by atoms with Crippen molar-refractivity contribution in [1.82, 2.24) is 0 Å². The lowest BCUT2D eigenvalue weighted by molar-refractivity contribution is 0.174. The van der Waals surface area contributed by atoms with Gasteiger partial charge in [0.25, 0.3) is 0 Å². The first kappa shape index (κ1) is 11.0. The minimum absolute atomic E-state index is 0.456. The van der Waals surface area contributed by atoms with Gasteiger partial charge in [0, 0.05) is 6.04 Å². The molecule has 78 valence electrons. The fraction of sp³-hybridized carbons (Fsp3) is 1.00. The molecule has 0 spiro atoms. The molecule has 0 amide bonds. The standard InChI is InChI=1S/C12H25N/c1-4-5-6-11-7-9(2)12(13)10(3)8-11/h9-12H,4-8,13H2,1-3H3. The van der Waals surface area contributed by atoms with Crippen LogP contribution in [0.15, 0.2) is 0 Å². The average Bonchev–Trinajstić information content (AvgIpc) is 2.10. The van der Waals surface area contributed by atoms with E-state index in [1.54, 1.807) is 0 Å². The van der Waals surface area contributed by atoms with Crippen LogP contribution in [-0.2, 0) is 0 Å². The molecule has 0 radical (unpaired) electrons. The first-order chi connectivity index (χ1) is 6.15. The largest absolute Gasteiger partial charge is 0.327 e. The summed E-state index contributed by atoms with van der Waals surface area (Å²) in [4.78, 5) is 0. The Morgan fingerprint density at radius 1 is 1.15 bits per heavy atom. The van der Waals surface area contributed by atoms with Crippen molar-refractivity contribution in [2.75, 3.05) is 0 Å². The van der Waals surface area contributed by atoms with Crippen molar-refractivity contribution in [2.45, 2.75) is 58.9 Å². The maximum Gasteiger partial charge on any atom is 0.00905 e. The van der Waals surface area contributed by atoms with Gasteiger partial charge in [0.05, 0.1) is 0 Å². The molecule has 0 aromatic rings.